The molecule has 0 unspecified atom stereocenters. The number of carbonyl (C=O) groups excluding carboxylic acids is 1. The van der Waals surface area contributed by atoms with Gasteiger partial charge in [-0.3, -0.25) is 19.7 Å². The van der Waals surface area contributed by atoms with Gasteiger partial charge in [0.2, 0.25) is 5.56 Å². The van der Waals surface area contributed by atoms with Crippen molar-refractivity contribution < 1.29 is 14.8 Å². The van der Waals surface area contributed by atoms with Crippen molar-refractivity contribution in [2.75, 3.05) is 5.32 Å². The molecule has 0 fully saturated rings. The fourth-order valence-electron chi connectivity index (χ4n) is 1.55. The normalized spacial score (nSPS) is 10.0. The van der Waals surface area contributed by atoms with Crippen LogP contribution < -0.4 is 10.9 Å². The maximum atomic E-state index is 11.9. The number of pyridine rings is 1. The molecule has 2 aromatic rings. The molecule has 0 spiro atoms. The van der Waals surface area contributed by atoms with Crippen molar-refractivity contribution in [1.29, 1.82) is 0 Å². The summed E-state index contributed by atoms with van der Waals surface area (Å²) in [6.07, 6.45) is 1.17. The van der Waals surface area contributed by atoms with Crippen molar-refractivity contribution in [3.8, 4) is 5.75 Å². The Balaban J connectivity index is 2.35. The van der Waals surface area contributed by atoms with E-state index in [4.69, 9.17) is 0 Å². The Morgan fingerprint density at radius 3 is 2.65 bits per heavy atom. The van der Waals surface area contributed by atoms with Crippen LogP contribution in [0.25, 0.3) is 0 Å². The van der Waals surface area contributed by atoms with Crippen LogP contribution in [0.5, 0.6) is 5.75 Å². The van der Waals surface area contributed by atoms with E-state index in [-0.39, 0.29) is 16.8 Å². The lowest BCUT2D eigenvalue weighted by Crippen LogP contribution is -2.15. The maximum Gasteiger partial charge on any atom is 0.296 e. The van der Waals surface area contributed by atoms with E-state index < -0.39 is 22.3 Å². The van der Waals surface area contributed by atoms with Crippen LogP contribution in [-0.2, 0) is 0 Å². The topological polar surface area (TPSA) is 125 Å². The summed E-state index contributed by atoms with van der Waals surface area (Å²) in [6, 6.07) is 6.08. The van der Waals surface area contributed by atoms with Gasteiger partial charge in [0.15, 0.2) is 5.69 Å². The Morgan fingerprint density at radius 2 is 2.05 bits per heavy atom. The summed E-state index contributed by atoms with van der Waals surface area (Å²) in [4.78, 5) is 35.2. The number of anilines is 1. The number of H-pyrrole nitrogens is 1. The number of nitro benzene ring substituents is 1. The van der Waals surface area contributed by atoms with Crippen LogP contribution in [0.4, 0.5) is 11.4 Å². The van der Waals surface area contributed by atoms with Crippen molar-refractivity contribution in [3.63, 3.8) is 0 Å². The van der Waals surface area contributed by atoms with Crippen LogP contribution in [0, 0.1) is 10.1 Å². The fraction of sp³-hybridized carbons (Fsp3) is 0. The zero-order valence-corrected chi connectivity index (χ0v) is 9.99. The summed E-state index contributed by atoms with van der Waals surface area (Å²) >= 11 is 0. The molecule has 8 heteroatoms. The number of aromatic nitrogens is 1. The second kappa shape index (κ2) is 5.22. The van der Waals surface area contributed by atoms with Crippen molar-refractivity contribution in [2.24, 2.45) is 0 Å². The summed E-state index contributed by atoms with van der Waals surface area (Å²) in [5.41, 5.74) is -1.01. The Morgan fingerprint density at radius 1 is 1.30 bits per heavy atom. The Hall–Kier alpha value is -3.16. The zero-order valence-electron chi connectivity index (χ0n) is 9.99. The molecule has 1 aromatic heterocycles. The number of phenols is 1. The molecule has 0 aliphatic rings. The predicted octanol–water partition coefficient (Wildman–Crippen LogP) is 1.24. The molecule has 0 atom stereocenters. The van der Waals surface area contributed by atoms with E-state index in [1.165, 1.54) is 24.4 Å². The minimum atomic E-state index is -0.720. The smallest absolute Gasteiger partial charge is 0.296 e. The highest BCUT2D eigenvalue weighted by atomic mass is 16.6. The van der Waals surface area contributed by atoms with Gasteiger partial charge in [0.05, 0.1) is 10.5 Å². The van der Waals surface area contributed by atoms with E-state index in [0.29, 0.717) is 0 Å². The Labute approximate surface area is 111 Å². The number of nitro groups is 1. The van der Waals surface area contributed by atoms with Crippen molar-refractivity contribution in [3.05, 3.63) is 62.6 Å². The lowest BCUT2D eigenvalue weighted by atomic mass is 10.2. The molecule has 1 heterocycles. The SMILES string of the molecule is O=C(Nc1c(O)cccc1[N+](=O)[O-])c1ccc(=O)[nH]c1. The molecule has 2 rings (SSSR count). The van der Waals surface area contributed by atoms with Crippen LogP contribution in [-0.4, -0.2) is 20.9 Å². The van der Waals surface area contributed by atoms with Gasteiger partial charge in [0.1, 0.15) is 5.75 Å². The lowest BCUT2D eigenvalue weighted by Gasteiger charge is -2.07. The van der Waals surface area contributed by atoms with Crippen LogP contribution in [0.2, 0.25) is 0 Å². The average Bonchev–Trinajstić information content (AvgIpc) is 2.41. The molecule has 0 radical (unpaired) electrons. The molecule has 3 N–H and O–H groups in total. The number of para-hydroxylation sites is 1. The Kier molecular flexibility index (Phi) is 3.47. The number of aromatic hydroxyl groups is 1. The largest absolute Gasteiger partial charge is 0.505 e. The molecular weight excluding hydrogens is 266 g/mol. The number of hydrogen-bond donors (Lipinski definition) is 3. The van der Waals surface area contributed by atoms with Gasteiger partial charge in [0, 0.05) is 18.3 Å². The standard InChI is InChI=1S/C12H9N3O5/c16-9-3-1-2-8(15(19)20)11(9)14-12(18)7-4-5-10(17)13-6-7/h1-6,16H,(H,13,17)(H,14,18). The van der Waals surface area contributed by atoms with E-state index in [1.54, 1.807) is 0 Å². The molecule has 0 aliphatic carbocycles. The summed E-state index contributed by atoms with van der Waals surface area (Å²) in [5.74, 6) is -1.11. The minimum Gasteiger partial charge on any atom is -0.505 e. The number of carbonyl (C=O) groups is 1. The second-order valence-corrected chi connectivity index (χ2v) is 3.82. The summed E-state index contributed by atoms with van der Waals surface area (Å²) in [6.45, 7) is 0. The van der Waals surface area contributed by atoms with Gasteiger partial charge in [0.25, 0.3) is 11.6 Å². The van der Waals surface area contributed by atoms with E-state index >= 15 is 0 Å². The van der Waals surface area contributed by atoms with Gasteiger partial charge >= 0.3 is 0 Å². The highest BCUT2D eigenvalue weighted by molar-refractivity contribution is 6.06. The molecule has 0 bridgehead atoms. The van der Waals surface area contributed by atoms with Crippen LogP contribution in [0.15, 0.2) is 41.3 Å². The molecule has 8 nitrogen and oxygen atoms in total. The van der Waals surface area contributed by atoms with Crippen molar-refractivity contribution >= 4 is 17.3 Å². The first-order chi connectivity index (χ1) is 9.49. The fourth-order valence-corrected chi connectivity index (χ4v) is 1.55. The number of hydrogen-bond acceptors (Lipinski definition) is 5. The molecule has 1 aromatic carbocycles. The predicted molar refractivity (Wildman–Crippen MR) is 69.8 cm³/mol. The number of nitrogens with one attached hydrogen (secondary N) is 2. The number of aromatic amines is 1. The van der Waals surface area contributed by atoms with Crippen molar-refractivity contribution in [2.45, 2.75) is 0 Å². The number of phenolic OH excluding ortho intramolecular Hbond substituents is 1. The van der Waals surface area contributed by atoms with Crippen LogP contribution in [0.3, 0.4) is 0 Å². The molecule has 1 amide bonds. The first kappa shape index (κ1) is 13.3. The first-order valence-electron chi connectivity index (χ1n) is 5.45. The van der Waals surface area contributed by atoms with Gasteiger partial charge in [-0.25, -0.2) is 0 Å². The summed E-state index contributed by atoms with van der Waals surface area (Å²) in [5, 5.41) is 22.7. The van der Waals surface area contributed by atoms with E-state index in [1.807, 2.05) is 0 Å². The van der Waals surface area contributed by atoms with Gasteiger partial charge in [-0.15, -0.1) is 0 Å². The highest BCUT2D eigenvalue weighted by Gasteiger charge is 2.20. The molecule has 0 saturated carbocycles. The van der Waals surface area contributed by atoms with E-state index in [0.717, 1.165) is 12.1 Å². The number of amides is 1. The summed E-state index contributed by atoms with van der Waals surface area (Å²) in [7, 11) is 0. The van der Waals surface area contributed by atoms with E-state index in [2.05, 4.69) is 10.3 Å². The maximum absolute atomic E-state index is 11.9. The molecular formula is C12H9N3O5. The minimum absolute atomic E-state index is 0.0992. The van der Waals surface area contributed by atoms with Crippen LogP contribution in [0.1, 0.15) is 10.4 Å². The average molecular weight is 275 g/mol. The second-order valence-electron chi connectivity index (χ2n) is 3.82. The molecule has 102 valence electrons. The van der Waals surface area contributed by atoms with Crippen LogP contribution >= 0.6 is 0 Å². The number of nitrogens with zero attached hydrogens (tertiary/aromatic N) is 1. The first-order valence-corrected chi connectivity index (χ1v) is 5.45. The highest BCUT2D eigenvalue weighted by Crippen LogP contribution is 2.33. The van der Waals surface area contributed by atoms with Crippen molar-refractivity contribution in [1.82, 2.24) is 4.98 Å². The van der Waals surface area contributed by atoms with Gasteiger partial charge in [-0.05, 0) is 12.1 Å². The molecule has 0 aliphatic heterocycles. The zero-order chi connectivity index (χ0) is 14.7. The number of benzene rings is 1. The van der Waals surface area contributed by atoms with Gasteiger partial charge < -0.3 is 15.4 Å². The summed E-state index contributed by atoms with van der Waals surface area (Å²) < 4.78 is 0. The lowest BCUT2D eigenvalue weighted by molar-refractivity contribution is -0.384. The molecule has 0 saturated heterocycles. The third kappa shape index (κ3) is 2.64. The monoisotopic (exact) mass is 275 g/mol. The quantitative estimate of drug-likeness (QED) is 0.441. The van der Waals surface area contributed by atoms with E-state index in [9.17, 15) is 24.8 Å². The van der Waals surface area contributed by atoms with Gasteiger partial charge in [-0.1, -0.05) is 6.07 Å². The third-order valence-corrected chi connectivity index (χ3v) is 2.50. The third-order valence-electron chi connectivity index (χ3n) is 2.50. The Bertz CT molecular complexity index is 718. The van der Waals surface area contributed by atoms with Gasteiger partial charge in [-0.2, -0.15) is 0 Å². The number of rotatable bonds is 3. The molecule has 20 heavy (non-hydrogen) atoms.